The van der Waals surface area contributed by atoms with Gasteiger partial charge in [0.1, 0.15) is 0 Å². The molecule has 2 aromatic carbocycles. The molecule has 1 aliphatic rings. The number of halogens is 6. The first-order valence-corrected chi connectivity index (χ1v) is 14.0. The van der Waals surface area contributed by atoms with Gasteiger partial charge in [-0.25, -0.2) is 9.59 Å². The fraction of sp³-hybridized carbons (Fsp3) is 0.379. The molecule has 2 amide bonds. The summed E-state index contributed by atoms with van der Waals surface area (Å²) in [5, 5.41) is 1.77. The van der Waals surface area contributed by atoms with Gasteiger partial charge in [-0.1, -0.05) is 6.07 Å². The second-order valence-corrected chi connectivity index (χ2v) is 10.6. The molecule has 8 nitrogen and oxygen atoms in total. The number of ether oxygens (including phenoxy) is 4. The Kier molecular flexibility index (Phi) is 9.56. The second-order valence-electron chi connectivity index (χ2n) is 9.63. The standard InChI is InChI=1S/C29H28F6N2O6S/c1-5-43-27(39)37-21-14-24(41-3)23(40-2)12-19(21)20(13-22(37)25-7-6-8-44-25)36(26(38)42-4)15-16-9-17(28(30,31)32)11-18(10-16)29(33,34)35/h6-12,14,20,22H,5,13,15H2,1-4H3/t20-,22-/m0/s1. The van der Waals surface area contributed by atoms with Crippen LogP contribution in [0.5, 0.6) is 11.5 Å². The summed E-state index contributed by atoms with van der Waals surface area (Å²) >= 11 is 1.31. The highest BCUT2D eigenvalue weighted by molar-refractivity contribution is 7.10. The predicted molar refractivity (Wildman–Crippen MR) is 148 cm³/mol. The third-order valence-electron chi connectivity index (χ3n) is 7.03. The van der Waals surface area contributed by atoms with Crippen LogP contribution in [0.2, 0.25) is 0 Å². The molecule has 238 valence electrons. The molecule has 0 saturated carbocycles. The van der Waals surface area contributed by atoms with Crippen LogP contribution in [0.15, 0.2) is 47.8 Å². The van der Waals surface area contributed by atoms with Crippen molar-refractivity contribution in [3.05, 3.63) is 75.0 Å². The zero-order valence-electron chi connectivity index (χ0n) is 23.9. The average Bonchev–Trinajstić information content (AvgIpc) is 3.52. The summed E-state index contributed by atoms with van der Waals surface area (Å²) in [5.41, 5.74) is -2.93. The van der Waals surface area contributed by atoms with Gasteiger partial charge < -0.3 is 18.9 Å². The number of anilines is 1. The summed E-state index contributed by atoms with van der Waals surface area (Å²) in [6, 6.07) is 5.89. The van der Waals surface area contributed by atoms with E-state index in [1.165, 1.54) is 42.6 Å². The van der Waals surface area contributed by atoms with Gasteiger partial charge in [-0.05, 0) is 54.6 Å². The Morgan fingerprint density at radius 3 is 2.07 bits per heavy atom. The van der Waals surface area contributed by atoms with E-state index in [0.717, 1.165) is 12.0 Å². The maximum atomic E-state index is 13.6. The van der Waals surface area contributed by atoms with Gasteiger partial charge in [0, 0.05) is 23.1 Å². The van der Waals surface area contributed by atoms with Crippen LogP contribution in [0.25, 0.3) is 0 Å². The molecule has 15 heteroatoms. The van der Waals surface area contributed by atoms with Gasteiger partial charge in [0.05, 0.1) is 56.8 Å². The van der Waals surface area contributed by atoms with Gasteiger partial charge in [0.25, 0.3) is 0 Å². The minimum atomic E-state index is -5.09. The Morgan fingerprint density at radius 1 is 0.955 bits per heavy atom. The molecule has 0 bridgehead atoms. The van der Waals surface area contributed by atoms with Crippen LogP contribution in [0.3, 0.4) is 0 Å². The number of hydrogen-bond acceptors (Lipinski definition) is 7. The Balaban J connectivity index is 1.94. The molecular formula is C29H28F6N2O6S. The van der Waals surface area contributed by atoms with Crippen LogP contribution in [0.1, 0.15) is 52.6 Å². The molecular weight excluding hydrogens is 618 g/mol. The van der Waals surface area contributed by atoms with Gasteiger partial charge >= 0.3 is 24.5 Å². The predicted octanol–water partition coefficient (Wildman–Crippen LogP) is 8.22. The maximum absolute atomic E-state index is 13.6. The maximum Gasteiger partial charge on any atom is 0.416 e. The highest BCUT2D eigenvalue weighted by Gasteiger charge is 2.44. The number of methoxy groups -OCH3 is 3. The van der Waals surface area contributed by atoms with Crippen molar-refractivity contribution < 1.29 is 54.9 Å². The van der Waals surface area contributed by atoms with Crippen molar-refractivity contribution >= 4 is 29.2 Å². The summed E-state index contributed by atoms with van der Waals surface area (Å²) in [7, 11) is 3.78. The Labute approximate surface area is 252 Å². The molecule has 2 atom stereocenters. The number of nitrogens with zero attached hydrogens (tertiary/aromatic N) is 2. The van der Waals surface area contributed by atoms with E-state index < -0.39 is 59.9 Å². The number of rotatable bonds is 7. The molecule has 3 aromatic rings. The van der Waals surface area contributed by atoms with E-state index >= 15 is 0 Å². The lowest BCUT2D eigenvalue weighted by Crippen LogP contribution is -2.44. The molecule has 0 aliphatic carbocycles. The van der Waals surface area contributed by atoms with E-state index in [0.29, 0.717) is 22.6 Å². The lowest BCUT2D eigenvalue weighted by Gasteiger charge is -2.43. The topological polar surface area (TPSA) is 77.5 Å². The van der Waals surface area contributed by atoms with Crippen molar-refractivity contribution in [3.63, 3.8) is 0 Å². The van der Waals surface area contributed by atoms with Crippen molar-refractivity contribution in [2.45, 2.75) is 44.3 Å². The summed E-state index contributed by atoms with van der Waals surface area (Å²) in [6.07, 6.45) is -11.9. The smallest absolute Gasteiger partial charge is 0.416 e. The molecule has 0 saturated heterocycles. The third-order valence-corrected chi connectivity index (χ3v) is 8.00. The zero-order valence-corrected chi connectivity index (χ0v) is 24.7. The first-order chi connectivity index (χ1) is 20.7. The van der Waals surface area contributed by atoms with Gasteiger partial charge in [0.15, 0.2) is 11.5 Å². The van der Waals surface area contributed by atoms with Gasteiger partial charge in [0.2, 0.25) is 0 Å². The summed E-state index contributed by atoms with van der Waals surface area (Å²) in [6.45, 7) is 0.988. The largest absolute Gasteiger partial charge is 0.493 e. The van der Waals surface area contributed by atoms with Crippen LogP contribution >= 0.6 is 11.3 Å². The monoisotopic (exact) mass is 646 g/mol. The van der Waals surface area contributed by atoms with Gasteiger partial charge in [-0.3, -0.25) is 9.80 Å². The Bertz CT molecular complexity index is 1460. The fourth-order valence-electron chi connectivity index (χ4n) is 5.14. The lowest BCUT2D eigenvalue weighted by atomic mass is 9.88. The zero-order chi connectivity index (χ0) is 32.4. The second kappa shape index (κ2) is 12.8. The molecule has 0 fully saturated rings. The number of thiophene rings is 1. The number of hydrogen-bond donors (Lipinski definition) is 0. The third kappa shape index (κ3) is 6.66. The van der Waals surface area contributed by atoms with Crippen LogP contribution in [0, 0.1) is 0 Å². The molecule has 0 N–H and O–H groups in total. The van der Waals surface area contributed by atoms with Crippen molar-refractivity contribution in [2.75, 3.05) is 32.8 Å². The molecule has 4 rings (SSSR count). The quantitative estimate of drug-likeness (QED) is 0.241. The molecule has 0 spiro atoms. The molecule has 0 unspecified atom stereocenters. The number of alkyl halides is 6. The number of carbonyl (C=O) groups is 2. The van der Waals surface area contributed by atoms with Gasteiger partial charge in [-0.15, -0.1) is 11.3 Å². The molecule has 1 aromatic heterocycles. The van der Waals surface area contributed by atoms with Crippen LogP contribution in [0.4, 0.5) is 41.6 Å². The first kappa shape index (κ1) is 32.8. The van der Waals surface area contributed by atoms with Crippen molar-refractivity contribution in [1.82, 2.24) is 4.90 Å². The number of benzene rings is 2. The minimum absolute atomic E-state index is 0.0119. The van der Waals surface area contributed by atoms with Gasteiger partial charge in [-0.2, -0.15) is 26.3 Å². The molecule has 44 heavy (non-hydrogen) atoms. The molecule has 1 aliphatic heterocycles. The van der Waals surface area contributed by atoms with Crippen LogP contribution in [-0.2, 0) is 28.4 Å². The number of carbonyl (C=O) groups excluding carboxylic acids is 2. The minimum Gasteiger partial charge on any atom is -0.493 e. The lowest BCUT2D eigenvalue weighted by molar-refractivity contribution is -0.143. The van der Waals surface area contributed by atoms with Crippen LogP contribution < -0.4 is 14.4 Å². The van der Waals surface area contributed by atoms with Crippen molar-refractivity contribution in [1.29, 1.82) is 0 Å². The van der Waals surface area contributed by atoms with Crippen LogP contribution in [-0.4, -0.2) is 45.0 Å². The van der Waals surface area contributed by atoms with Crippen molar-refractivity contribution in [3.8, 4) is 11.5 Å². The average molecular weight is 647 g/mol. The molecule has 0 radical (unpaired) electrons. The van der Waals surface area contributed by atoms with E-state index in [1.54, 1.807) is 24.4 Å². The summed E-state index contributed by atoms with van der Waals surface area (Å²) in [5.74, 6) is 0.432. The Hall–Kier alpha value is -4.14. The first-order valence-electron chi connectivity index (χ1n) is 13.1. The Morgan fingerprint density at radius 2 is 1.57 bits per heavy atom. The van der Waals surface area contributed by atoms with Crippen molar-refractivity contribution in [2.24, 2.45) is 0 Å². The van der Waals surface area contributed by atoms with E-state index in [2.05, 4.69) is 0 Å². The fourth-order valence-corrected chi connectivity index (χ4v) is 5.97. The molecule has 2 heterocycles. The summed E-state index contributed by atoms with van der Waals surface area (Å²) in [4.78, 5) is 29.7. The highest BCUT2D eigenvalue weighted by atomic mass is 32.1. The van der Waals surface area contributed by atoms with E-state index in [9.17, 15) is 35.9 Å². The summed E-state index contributed by atoms with van der Waals surface area (Å²) < 4.78 is 103. The van der Waals surface area contributed by atoms with E-state index in [-0.39, 0.29) is 36.3 Å². The van der Waals surface area contributed by atoms with E-state index in [1.807, 2.05) is 0 Å². The number of fused-ring (bicyclic) bond motifs is 1. The number of amides is 2. The highest BCUT2D eigenvalue weighted by Crippen LogP contribution is 2.51. The normalized spacial score (nSPS) is 16.6. The van der Waals surface area contributed by atoms with E-state index in [4.69, 9.17) is 18.9 Å². The SMILES string of the molecule is CCOC(=O)N1c2cc(OC)c(OC)cc2[C@@H](N(Cc2cc(C(F)(F)F)cc(C(F)(F)F)c2)C(=O)OC)C[C@H]1c1cccs1.